The van der Waals surface area contributed by atoms with E-state index < -0.39 is 11.0 Å². The van der Waals surface area contributed by atoms with Crippen molar-refractivity contribution in [3.63, 3.8) is 0 Å². The van der Waals surface area contributed by atoms with Crippen molar-refractivity contribution in [3.8, 4) is 5.75 Å². The normalized spacial score (nSPS) is 19.2. The first-order chi connectivity index (χ1) is 12.8. The van der Waals surface area contributed by atoms with Crippen molar-refractivity contribution in [1.82, 2.24) is 0 Å². The van der Waals surface area contributed by atoms with Gasteiger partial charge in [0.2, 0.25) is 11.8 Å². The van der Waals surface area contributed by atoms with E-state index >= 15 is 0 Å². The van der Waals surface area contributed by atoms with Crippen LogP contribution in [0.3, 0.4) is 0 Å². The molecule has 27 heavy (non-hydrogen) atoms. The Bertz CT molecular complexity index is 786. The average Bonchev–Trinajstić information content (AvgIpc) is 2.66. The largest absolute Gasteiger partial charge is 0.496 e. The lowest BCUT2D eigenvalue weighted by molar-refractivity contribution is -0.385. The summed E-state index contributed by atoms with van der Waals surface area (Å²) >= 11 is 0. The predicted octanol–water partition coefficient (Wildman–Crippen LogP) is 3.50. The van der Waals surface area contributed by atoms with Crippen LogP contribution in [0.1, 0.15) is 25.8 Å². The number of methoxy groups -OCH3 is 3. The van der Waals surface area contributed by atoms with Crippen molar-refractivity contribution < 1.29 is 19.1 Å². The van der Waals surface area contributed by atoms with Gasteiger partial charge in [-0.15, -0.1) is 0 Å². The van der Waals surface area contributed by atoms with Crippen LogP contribution in [0, 0.1) is 16.0 Å². The third-order valence-corrected chi connectivity index (χ3v) is 4.35. The van der Waals surface area contributed by atoms with E-state index in [0.717, 1.165) is 0 Å². The molecule has 2 atom stereocenters. The Labute approximate surface area is 158 Å². The Morgan fingerprint density at radius 3 is 2.37 bits per heavy atom. The Morgan fingerprint density at radius 2 is 1.85 bits per heavy atom. The summed E-state index contributed by atoms with van der Waals surface area (Å²) in [6, 6.07) is 3.96. The van der Waals surface area contributed by atoms with Gasteiger partial charge in [0.25, 0.3) is 5.69 Å². The summed E-state index contributed by atoms with van der Waals surface area (Å²) in [5.74, 6) is 1.54. The lowest BCUT2D eigenvalue weighted by Crippen LogP contribution is -2.37. The maximum absolute atomic E-state index is 11.4. The summed E-state index contributed by atoms with van der Waals surface area (Å²) in [7, 11) is 4.55. The zero-order valence-electron chi connectivity index (χ0n) is 16.3. The van der Waals surface area contributed by atoms with Crippen molar-refractivity contribution in [2.24, 2.45) is 15.9 Å². The minimum absolute atomic E-state index is 0.0675. The van der Waals surface area contributed by atoms with Crippen LogP contribution < -0.4 is 4.74 Å². The molecular weight excluding hydrogens is 350 g/mol. The number of rotatable bonds is 6. The summed E-state index contributed by atoms with van der Waals surface area (Å²) in [5, 5.41) is 11.4. The maximum Gasteiger partial charge on any atom is 0.280 e. The van der Waals surface area contributed by atoms with Crippen molar-refractivity contribution in [3.05, 3.63) is 40.5 Å². The van der Waals surface area contributed by atoms with Gasteiger partial charge in [0.05, 0.1) is 31.8 Å². The van der Waals surface area contributed by atoms with E-state index in [4.69, 9.17) is 14.2 Å². The number of hydrogen-bond acceptors (Lipinski definition) is 7. The summed E-state index contributed by atoms with van der Waals surface area (Å²) in [6.45, 7) is 8.08. The van der Waals surface area contributed by atoms with Gasteiger partial charge < -0.3 is 14.2 Å². The van der Waals surface area contributed by atoms with Crippen LogP contribution in [0.4, 0.5) is 5.69 Å². The van der Waals surface area contributed by atoms with Gasteiger partial charge in [-0.2, -0.15) is 0 Å². The van der Waals surface area contributed by atoms with Gasteiger partial charge >= 0.3 is 0 Å². The second kappa shape index (κ2) is 8.66. The van der Waals surface area contributed by atoms with Gasteiger partial charge in [-0.1, -0.05) is 26.5 Å². The first kappa shape index (κ1) is 20.4. The fourth-order valence-corrected chi connectivity index (χ4v) is 3.03. The Balaban J connectivity index is 2.39. The fraction of sp³-hybridized carbons (Fsp3) is 0.474. The maximum atomic E-state index is 11.4. The highest BCUT2D eigenvalue weighted by atomic mass is 16.6. The van der Waals surface area contributed by atoms with Crippen LogP contribution >= 0.6 is 0 Å². The number of benzene rings is 1. The molecule has 146 valence electrons. The standard InChI is InChI=1S/C19H25N3O5/c1-11(2)17-19(27-6)20-13(18(21-17)26-5)10-12(3)16-14(22(23)24)8-7-9-15(16)25-4/h7-9,11,13,17H,3,10H2,1-2,4-6H3/t13-,17+/m1/s1. The Kier molecular flexibility index (Phi) is 6.55. The molecule has 0 saturated carbocycles. The van der Waals surface area contributed by atoms with Gasteiger partial charge in [0, 0.05) is 12.5 Å². The van der Waals surface area contributed by atoms with Crippen LogP contribution in [0.25, 0.3) is 5.57 Å². The van der Waals surface area contributed by atoms with Gasteiger partial charge in [0.1, 0.15) is 17.8 Å². The summed E-state index contributed by atoms with van der Waals surface area (Å²) in [6.07, 6.45) is 0.283. The number of ether oxygens (including phenoxy) is 3. The molecule has 0 saturated heterocycles. The van der Waals surface area contributed by atoms with Crippen LogP contribution in [-0.4, -0.2) is 50.1 Å². The molecule has 0 unspecified atom stereocenters. The number of nitro benzene ring substituents is 1. The third-order valence-electron chi connectivity index (χ3n) is 4.35. The zero-order valence-corrected chi connectivity index (χ0v) is 16.3. The van der Waals surface area contributed by atoms with Crippen LogP contribution in [-0.2, 0) is 9.47 Å². The number of aliphatic imine (C=N–C) groups is 2. The Hall–Kier alpha value is -2.90. The first-order valence-electron chi connectivity index (χ1n) is 8.56. The lowest BCUT2D eigenvalue weighted by Gasteiger charge is -2.27. The summed E-state index contributed by atoms with van der Waals surface area (Å²) in [5.41, 5.74) is 0.791. The molecule has 0 fully saturated rings. The van der Waals surface area contributed by atoms with E-state index in [9.17, 15) is 10.1 Å². The monoisotopic (exact) mass is 375 g/mol. The third kappa shape index (κ3) is 4.27. The zero-order chi connectivity index (χ0) is 20.1. The van der Waals surface area contributed by atoms with Crippen LogP contribution in [0.15, 0.2) is 34.8 Å². The molecule has 1 aromatic rings. The molecule has 8 heteroatoms. The van der Waals surface area contributed by atoms with E-state index in [1.54, 1.807) is 19.2 Å². The minimum atomic E-state index is -0.475. The van der Waals surface area contributed by atoms with Crippen LogP contribution in [0.2, 0.25) is 0 Å². The smallest absolute Gasteiger partial charge is 0.280 e. The second-order valence-corrected chi connectivity index (χ2v) is 6.47. The average molecular weight is 375 g/mol. The fourth-order valence-electron chi connectivity index (χ4n) is 3.03. The summed E-state index contributed by atoms with van der Waals surface area (Å²) in [4.78, 5) is 20.2. The molecule has 8 nitrogen and oxygen atoms in total. The van der Waals surface area contributed by atoms with E-state index in [0.29, 0.717) is 28.7 Å². The molecule has 1 heterocycles. The molecular formula is C19H25N3O5. The lowest BCUT2D eigenvalue weighted by atomic mass is 9.96. The van der Waals surface area contributed by atoms with Crippen molar-refractivity contribution >= 4 is 23.1 Å². The van der Waals surface area contributed by atoms with Gasteiger partial charge in [-0.3, -0.25) is 10.1 Å². The molecule has 2 rings (SSSR count). The number of nitro groups is 1. The minimum Gasteiger partial charge on any atom is -0.496 e. The molecule has 0 radical (unpaired) electrons. The molecule has 0 amide bonds. The molecule has 1 aliphatic rings. The molecule has 0 N–H and O–H groups in total. The van der Waals surface area contributed by atoms with E-state index in [2.05, 4.69) is 16.6 Å². The van der Waals surface area contributed by atoms with E-state index in [-0.39, 0.29) is 24.1 Å². The molecule has 0 aromatic heterocycles. The highest BCUT2D eigenvalue weighted by Gasteiger charge is 2.32. The molecule has 0 aliphatic carbocycles. The van der Waals surface area contributed by atoms with Crippen molar-refractivity contribution in [1.29, 1.82) is 0 Å². The highest BCUT2D eigenvalue weighted by molar-refractivity contribution is 5.95. The molecule has 1 aliphatic heterocycles. The number of hydrogen-bond donors (Lipinski definition) is 0. The SMILES string of the molecule is C=C(C[C@H]1N=C(OC)[C@H](C(C)C)N=C1OC)c1c(OC)cccc1[N+](=O)[O-]. The van der Waals surface area contributed by atoms with Crippen LogP contribution in [0.5, 0.6) is 5.75 Å². The topological polar surface area (TPSA) is 95.6 Å². The number of nitrogens with zero attached hydrogens (tertiary/aromatic N) is 3. The predicted molar refractivity (Wildman–Crippen MR) is 105 cm³/mol. The van der Waals surface area contributed by atoms with Gasteiger partial charge in [-0.05, 0) is 17.6 Å². The highest BCUT2D eigenvalue weighted by Crippen LogP contribution is 2.36. The molecule has 0 spiro atoms. The van der Waals surface area contributed by atoms with E-state index in [1.165, 1.54) is 20.3 Å². The Morgan fingerprint density at radius 1 is 1.19 bits per heavy atom. The molecule has 0 bridgehead atoms. The molecule has 1 aromatic carbocycles. The summed E-state index contributed by atoms with van der Waals surface area (Å²) < 4.78 is 16.1. The van der Waals surface area contributed by atoms with Gasteiger partial charge in [-0.25, -0.2) is 9.98 Å². The van der Waals surface area contributed by atoms with Crippen molar-refractivity contribution in [2.45, 2.75) is 32.4 Å². The van der Waals surface area contributed by atoms with Crippen molar-refractivity contribution in [2.75, 3.05) is 21.3 Å². The second-order valence-electron chi connectivity index (χ2n) is 6.47. The quantitative estimate of drug-likeness (QED) is 0.560. The van der Waals surface area contributed by atoms with E-state index in [1.807, 2.05) is 13.8 Å². The van der Waals surface area contributed by atoms with Gasteiger partial charge in [0.15, 0.2) is 0 Å². The first-order valence-corrected chi connectivity index (χ1v) is 8.56.